The van der Waals surface area contributed by atoms with Gasteiger partial charge < -0.3 is 5.11 Å². The second kappa shape index (κ2) is 4.40. The van der Waals surface area contributed by atoms with Gasteiger partial charge in [0, 0.05) is 15.8 Å². The summed E-state index contributed by atoms with van der Waals surface area (Å²) in [5.74, 6) is 0.608. The summed E-state index contributed by atoms with van der Waals surface area (Å²) >= 11 is 5.21. The van der Waals surface area contributed by atoms with Gasteiger partial charge in [0.15, 0.2) is 0 Å². The third-order valence-electron chi connectivity index (χ3n) is 2.93. The van der Waals surface area contributed by atoms with Gasteiger partial charge in [-0.05, 0) is 46.1 Å². The number of thiophene rings is 1. The van der Waals surface area contributed by atoms with Crippen LogP contribution in [0.15, 0.2) is 28.1 Å². The van der Waals surface area contributed by atoms with E-state index in [1.807, 2.05) is 12.1 Å². The Bertz CT molecular complexity index is 371. The Balaban J connectivity index is 2.12. The minimum atomic E-state index is -0.625. The maximum atomic E-state index is 10.4. The fraction of sp³-hybridized carbons (Fsp3) is 0.500. The fourth-order valence-electron chi connectivity index (χ4n) is 1.88. The van der Waals surface area contributed by atoms with E-state index in [0.717, 1.165) is 23.7 Å². The van der Waals surface area contributed by atoms with Crippen molar-refractivity contribution in [2.45, 2.75) is 31.8 Å². The van der Waals surface area contributed by atoms with E-state index in [2.05, 4.69) is 34.3 Å². The average Bonchev–Trinajstić information content (AvgIpc) is 2.58. The summed E-state index contributed by atoms with van der Waals surface area (Å²) in [5, 5.41) is 12.4. The normalized spacial score (nSPS) is 30.7. The van der Waals surface area contributed by atoms with Crippen molar-refractivity contribution in [2.75, 3.05) is 0 Å². The highest BCUT2D eigenvalue weighted by Crippen LogP contribution is 2.33. The van der Waals surface area contributed by atoms with Crippen LogP contribution in [-0.4, -0.2) is 10.7 Å². The highest BCUT2D eigenvalue weighted by molar-refractivity contribution is 9.10. The van der Waals surface area contributed by atoms with Gasteiger partial charge in [0.1, 0.15) is 0 Å². The van der Waals surface area contributed by atoms with Gasteiger partial charge in [0.2, 0.25) is 0 Å². The number of allylic oxidation sites excluding steroid dienone is 1. The molecule has 0 saturated heterocycles. The van der Waals surface area contributed by atoms with Crippen molar-refractivity contribution >= 4 is 27.3 Å². The smallest absolute Gasteiger partial charge is 0.0876 e. The van der Waals surface area contributed by atoms with Gasteiger partial charge in [-0.2, -0.15) is 0 Å². The van der Waals surface area contributed by atoms with E-state index >= 15 is 0 Å². The van der Waals surface area contributed by atoms with Crippen LogP contribution in [0, 0.1) is 5.92 Å². The molecule has 82 valence electrons. The molecule has 15 heavy (non-hydrogen) atoms. The van der Waals surface area contributed by atoms with Gasteiger partial charge in [0.25, 0.3) is 0 Å². The van der Waals surface area contributed by atoms with E-state index in [9.17, 15) is 5.11 Å². The molecule has 0 radical (unpaired) electrons. The highest BCUT2D eigenvalue weighted by atomic mass is 79.9. The van der Waals surface area contributed by atoms with Crippen LogP contribution in [0.2, 0.25) is 0 Å². The van der Waals surface area contributed by atoms with Crippen LogP contribution in [0.25, 0.3) is 0 Å². The Hall–Kier alpha value is -0.120. The molecule has 0 aliphatic heterocycles. The first-order valence-corrected chi connectivity index (χ1v) is 6.90. The Morgan fingerprint density at radius 3 is 3.00 bits per heavy atom. The Morgan fingerprint density at radius 1 is 1.67 bits per heavy atom. The zero-order chi connectivity index (χ0) is 10.9. The number of aliphatic hydroxyl groups is 1. The minimum Gasteiger partial charge on any atom is -0.385 e. The van der Waals surface area contributed by atoms with Gasteiger partial charge in [0.05, 0.1) is 5.60 Å². The molecule has 2 unspecified atom stereocenters. The number of halogens is 1. The van der Waals surface area contributed by atoms with Gasteiger partial charge in [-0.3, -0.25) is 0 Å². The third kappa shape index (κ3) is 2.71. The van der Waals surface area contributed by atoms with Crippen LogP contribution in [0.3, 0.4) is 0 Å². The lowest BCUT2D eigenvalue weighted by Crippen LogP contribution is -2.31. The van der Waals surface area contributed by atoms with Crippen LogP contribution < -0.4 is 0 Å². The van der Waals surface area contributed by atoms with Crippen LogP contribution in [0.1, 0.15) is 24.6 Å². The van der Waals surface area contributed by atoms with E-state index < -0.39 is 5.60 Å². The standard InChI is InChI=1S/C12H15BrOS/c1-9-2-5-12(14,6-3-9)8-11-10(13)4-7-15-11/h2,4-5,7,9,14H,3,6,8H2,1H3. The third-order valence-corrected chi connectivity index (χ3v) is 4.85. The van der Waals surface area contributed by atoms with Gasteiger partial charge in [-0.25, -0.2) is 0 Å². The van der Waals surface area contributed by atoms with Crippen LogP contribution in [0.4, 0.5) is 0 Å². The highest BCUT2D eigenvalue weighted by Gasteiger charge is 2.28. The van der Waals surface area contributed by atoms with Gasteiger partial charge >= 0.3 is 0 Å². The minimum absolute atomic E-state index is 0.608. The first kappa shape index (κ1) is 11.4. The first-order valence-electron chi connectivity index (χ1n) is 5.23. The van der Waals surface area contributed by atoms with Crippen molar-refractivity contribution in [3.63, 3.8) is 0 Å². The van der Waals surface area contributed by atoms with Crippen LogP contribution in [-0.2, 0) is 6.42 Å². The summed E-state index contributed by atoms with van der Waals surface area (Å²) in [5.41, 5.74) is -0.625. The van der Waals surface area contributed by atoms with Crippen molar-refractivity contribution in [1.82, 2.24) is 0 Å². The summed E-state index contributed by atoms with van der Waals surface area (Å²) in [6, 6.07) is 2.04. The van der Waals surface area contributed by atoms with E-state index in [4.69, 9.17) is 0 Å². The fourth-order valence-corrected chi connectivity index (χ4v) is 3.49. The topological polar surface area (TPSA) is 20.2 Å². The lowest BCUT2D eigenvalue weighted by Gasteiger charge is -2.29. The molecule has 1 aromatic rings. The van der Waals surface area contributed by atoms with Crippen molar-refractivity contribution in [2.24, 2.45) is 5.92 Å². The zero-order valence-corrected chi connectivity index (χ0v) is 11.1. The Morgan fingerprint density at radius 2 is 2.47 bits per heavy atom. The molecular formula is C12H15BrOS. The first-order chi connectivity index (χ1) is 7.09. The molecule has 3 heteroatoms. The average molecular weight is 287 g/mol. The Labute approximate surface area is 103 Å². The molecule has 1 nitrogen and oxygen atoms in total. The quantitative estimate of drug-likeness (QED) is 0.821. The SMILES string of the molecule is CC1C=CC(O)(Cc2sccc2Br)CC1. The van der Waals surface area contributed by atoms with Crippen LogP contribution >= 0.6 is 27.3 Å². The molecule has 0 saturated carbocycles. The largest absolute Gasteiger partial charge is 0.385 e. The maximum Gasteiger partial charge on any atom is 0.0876 e. The maximum absolute atomic E-state index is 10.4. The Kier molecular flexibility index (Phi) is 3.33. The molecule has 1 aromatic heterocycles. The molecule has 1 heterocycles. The molecule has 1 aliphatic carbocycles. The number of rotatable bonds is 2. The summed E-state index contributed by atoms with van der Waals surface area (Å²) in [6.07, 6.45) is 6.79. The molecule has 1 N–H and O–H groups in total. The lowest BCUT2D eigenvalue weighted by atomic mass is 9.83. The van der Waals surface area contributed by atoms with E-state index in [1.165, 1.54) is 4.88 Å². The lowest BCUT2D eigenvalue weighted by molar-refractivity contribution is 0.0707. The van der Waals surface area contributed by atoms with Crippen molar-refractivity contribution in [3.8, 4) is 0 Å². The molecule has 2 atom stereocenters. The molecule has 0 spiro atoms. The van der Waals surface area contributed by atoms with E-state index in [-0.39, 0.29) is 0 Å². The van der Waals surface area contributed by atoms with Gasteiger partial charge in [-0.15, -0.1) is 11.3 Å². The van der Waals surface area contributed by atoms with Crippen LogP contribution in [0.5, 0.6) is 0 Å². The summed E-state index contributed by atoms with van der Waals surface area (Å²) in [7, 11) is 0. The molecule has 0 amide bonds. The monoisotopic (exact) mass is 286 g/mol. The van der Waals surface area contributed by atoms with Crippen molar-refractivity contribution < 1.29 is 5.11 Å². The number of hydrogen-bond acceptors (Lipinski definition) is 2. The van der Waals surface area contributed by atoms with E-state index in [1.54, 1.807) is 11.3 Å². The van der Waals surface area contributed by atoms with Crippen molar-refractivity contribution in [1.29, 1.82) is 0 Å². The predicted molar refractivity (Wildman–Crippen MR) is 68.2 cm³/mol. The van der Waals surface area contributed by atoms with Gasteiger partial charge in [-0.1, -0.05) is 19.1 Å². The predicted octanol–water partition coefficient (Wildman–Crippen LogP) is 3.77. The number of hydrogen-bond donors (Lipinski definition) is 1. The summed E-state index contributed by atoms with van der Waals surface area (Å²) in [6.45, 7) is 2.19. The molecule has 0 fully saturated rings. The van der Waals surface area contributed by atoms with E-state index in [0.29, 0.717) is 5.92 Å². The second-order valence-corrected chi connectivity index (χ2v) is 6.20. The summed E-state index contributed by atoms with van der Waals surface area (Å²) < 4.78 is 1.12. The molecule has 1 aliphatic rings. The van der Waals surface area contributed by atoms with Crippen molar-refractivity contribution in [3.05, 3.63) is 32.9 Å². The molecular weight excluding hydrogens is 272 g/mol. The summed E-state index contributed by atoms with van der Waals surface area (Å²) in [4.78, 5) is 1.23. The zero-order valence-electron chi connectivity index (χ0n) is 8.74. The molecule has 0 bridgehead atoms. The molecule has 0 aromatic carbocycles. The second-order valence-electron chi connectivity index (χ2n) is 4.35. The molecule has 2 rings (SSSR count).